The van der Waals surface area contributed by atoms with Crippen LogP contribution in [0.25, 0.3) is 0 Å². The fraction of sp³-hybridized carbons (Fsp3) is 0.118. The molecule has 0 amide bonds. The monoisotopic (exact) mass is 374 g/mol. The molecule has 1 heterocycles. The molecule has 0 atom stereocenters. The van der Waals surface area contributed by atoms with Crippen LogP contribution in [-0.4, -0.2) is 29.3 Å². The van der Waals surface area contributed by atoms with Crippen molar-refractivity contribution < 1.29 is 0 Å². The highest BCUT2D eigenvalue weighted by molar-refractivity contribution is 6.39. The van der Waals surface area contributed by atoms with Gasteiger partial charge >= 0.3 is 0 Å². The molecule has 2 N–H and O–H groups in total. The van der Waals surface area contributed by atoms with Gasteiger partial charge in [0.1, 0.15) is 0 Å². The molecule has 0 radical (unpaired) electrons. The lowest BCUT2D eigenvalue weighted by atomic mass is 10.2. The maximum Gasteiger partial charge on any atom is 0.249 e. The summed E-state index contributed by atoms with van der Waals surface area (Å²) in [5.41, 5.74) is 2.55. The second-order valence-electron chi connectivity index (χ2n) is 5.45. The number of aromatic nitrogens is 3. The van der Waals surface area contributed by atoms with Crippen molar-refractivity contribution in [3.05, 3.63) is 58.7 Å². The standard InChI is InChI=1S/C17H16Cl2N6/c1-25(2)12-8-6-11(7-9-12)21-15-10-20-24-17(22-15)23-16-13(18)4-3-5-14(16)19/h3-10H,1-2H3,(H2,21,22,23,24). The molecule has 3 aromatic rings. The fourth-order valence-electron chi connectivity index (χ4n) is 2.14. The van der Waals surface area contributed by atoms with E-state index in [1.807, 2.05) is 43.3 Å². The second-order valence-corrected chi connectivity index (χ2v) is 6.27. The molecule has 0 unspecified atom stereocenters. The van der Waals surface area contributed by atoms with E-state index < -0.39 is 0 Å². The Morgan fingerprint density at radius 1 is 0.920 bits per heavy atom. The van der Waals surface area contributed by atoms with Crippen LogP contribution >= 0.6 is 23.2 Å². The highest BCUT2D eigenvalue weighted by Crippen LogP contribution is 2.31. The Labute approximate surface area is 155 Å². The Hall–Kier alpha value is -2.57. The molecule has 8 heteroatoms. The number of benzene rings is 2. The summed E-state index contributed by atoms with van der Waals surface area (Å²) in [6.45, 7) is 0. The van der Waals surface area contributed by atoms with E-state index in [1.54, 1.807) is 24.4 Å². The predicted octanol–water partition coefficient (Wildman–Crippen LogP) is 4.73. The normalized spacial score (nSPS) is 10.4. The largest absolute Gasteiger partial charge is 0.378 e. The minimum absolute atomic E-state index is 0.296. The van der Waals surface area contributed by atoms with E-state index in [0.29, 0.717) is 27.5 Å². The van der Waals surface area contributed by atoms with Gasteiger partial charge in [0, 0.05) is 25.5 Å². The number of nitrogens with one attached hydrogen (secondary N) is 2. The van der Waals surface area contributed by atoms with Gasteiger partial charge in [-0.25, -0.2) is 0 Å². The van der Waals surface area contributed by atoms with Crippen molar-refractivity contribution in [1.29, 1.82) is 0 Å². The van der Waals surface area contributed by atoms with Crippen LogP contribution in [0.15, 0.2) is 48.7 Å². The SMILES string of the molecule is CN(C)c1ccc(Nc2cnnc(Nc3c(Cl)cccc3Cl)n2)cc1. The molecule has 128 valence electrons. The van der Waals surface area contributed by atoms with Gasteiger partial charge in [-0.2, -0.15) is 10.1 Å². The third-order valence-electron chi connectivity index (χ3n) is 3.41. The first-order valence-corrected chi connectivity index (χ1v) is 8.24. The van der Waals surface area contributed by atoms with E-state index in [-0.39, 0.29) is 0 Å². The van der Waals surface area contributed by atoms with Crippen LogP contribution < -0.4 is 15.5 Å². The van der Waals surface area contributed by atoms with Crippen LogP contribution in [0.5, 0.6) is 0 Å². The molecule has 2 aromatic carbocycles. The van der Waals surface area contributed by atoms with Gasteiger partial charge in [0.25, 0.3) is 0 Å². The Bertz CT molecular complexity index is 847. The molecule has 0 bridgehead atoms. The quantitative estimate of drug-likeness (QED) is 0.672. The lowest BCUT2D eigenvalue weighted by Crippen LogP contribution is -2.08. The van der Waals surface area contributed by atoms with Crippen molar-refractivity contribution in [3.63, 3.8) is 0 Å². The van der Waals surface area contributed by atoms with Gasteiger partial charge in [0.2, 0.25) is 5.95 Å². The van der Waals surface area contributed by atoms with E-state index in [1.165, 1.54) is 0 Å². The zero-order chi connectivity index (χ0) is 17.8. The first kappa shape index (κ1) is 17.3. The first-order valence-electron chi connectivity index (χ1n) is 7.48. The summed E-state index contributed by atoms with van der Waals surface area (Å²) in [6, 6.07) is 13.2. The molecule has 0 spiro atoms. The molecule has 6 nitrogen and oxygen atoms in total. The van der Waals surface area contributed by atoms with E-state index >= 15 is 0 Å². The van der Waals surface area contributed by atoms with Crippen molar-refractivity contribution >= 4 is 52.0 Å². The smallest absolute Gasteiger partial charge is 0.249 e. The molecule has 0 saturated heterocycles. The highest BCUT2D eigenvalue weighted by Gasteiger charge is 2.08. The van der Waals surface area contributed by atoms with E-state index in [9.17, 15) is 0 Å². The number of hydrogen-bond donors (Lipinski definition) is 2. The average Bonchev–Trinajstić information content (AvgIpc) is 2.59. The summed E-state index contributed by atoms with van der Waals surface area (Å²) in [5, 5.41) is 15.1. The van der Waals surface area contributed by atoms with Crippen LogP contribution in [0.4, 0.5) is 28.8 Å². The van der Waals surface area contributed by atoms with Crippen LogP contribution in [-0.2, 0) is 0 Å². The van der Waals surface area contributed by atoms with Crippen LogP contribution in [0.1, 0.15) is 0 Å². The minimum atomic E-state index is 0.296. The van der Waals surface area contributed by atoms with Gasteiger partial charge in [0.15, 0.2) is 5.82 Å². The molecule has 3 rings (SSSR count). The number of hydrogen-bond acceptors (Lipinski definition) is 6. The molecule has 1 aromatic heterocycles. The third kappa shape index (κ3) is 4.29. The van der Waals surface area contributed by atoms with Crippen LogP contribution in [0.2, 0.25) is 10.0 Å². The van der Waals surface area contributed by atoms with Crippen molar-refractivity contribution in [2.24, 2.45) is 0 Å². The predicted molar refractivity (Wildman–Crippen MR) is 104 cm³/mol. The van der Waals surface area contributed by atoms with E-state index in [4.69, 9.17) is 23.2 Å². The molecule has 0 aliphatic heterocycles. The van der Waals surface area contributed by atoms with Gasteiger partial charge < -0.3 is 15.5 Å². The Morgan fingerprint density at radius 3 is 2.24 bits per heavy atom. The molecular weight excluding hydrogens is 359 g/mol. The zero-order valence-corrected chi connectivity index (χ0v) is 15.2. The van der Waals surface area contributed by atoms with Crippen LogP contribution in [0, 0.1) is 0 Å². The van der Waals surface area contributed by atoms with Gasteiger partial charge in [-0.05, 0) is 36.4 Å². The van der Waals surface area contributed by atoms with Crippen LogP contribution in [0.3, 0.4) is 0 Å². The summed E-state index contributed by atoms with van der Waals surface area (Å²) in [7, 11) is 3.99. The summed E-state index contributed by atoms with van der Waals surface area (Å²) >= 11 is 12.3. The van der Waals surface area contributed by atoms with Gasteiger partial charge in [0.05, 0.1) is 21.9 Å². The second kappa shape index (κ2) is 7.55. The summed E-state index contributed by atoms with van der Waals surface area (Å²) < 4.78 is 0. The number of anilines is 5. The maximum atomic E-state index is 6.15. The topological polar surface area (TPSA) is 66.0 Å². The van der Waals surface area contributed by atoms with Crippen molar-refractivity contribution in [2.45, 2.75) is 0 Å². The molecular formula is C17H16Cl2N6. The summed E-state index contributed by atoms with van der Waals surface area (Å²) in [5.74, 6) is 0.850. The fourth-order valence-corrected chi connectivity index (χ4v) is 2.63. The Kier molecular flexibility index (Phi) is 5.21. The summed E-state index contributed by atoms with van der Waals surface area (Å²) in [6.07, 6.45) is 1.54. The van der Waals surface area contributed by atoms with Gasteiger partial charge in [-0.3, -0.25) is 0 Å². The number of rotatable bonds is 5. The molecule has 25 heavy (non-hydrogen) atoms. The van der Waals surface area contributed by atoms with Crippen molar-refractivity contribution in [2.75, 3.05) is 29.6 Å². The van der Waals surface area contributed by atoms with Gasteiger partial charge in [-0.15, -0.1) is 5.10 Å². The van der Waals surface area contributed by atoms with Gasteiger partial charge in [-0.1, -0.05) is 29.3 Å². The molecule has 0 saturated carbocycles. The first-order chi connectivity index (χ1) is 12.0. The number of halogens is 2. The van der Waals surface area contributed by atoms with Crippen molar-refractivity contribution in [3.8, 4) is 0 Å². The number of para-hydroxylation sites is 1. The van der Waals surface area contributed by atoms with Crippen molar-refractivity contribution in [1.82, 2.24) is 15.2 Å². The lowest BCUT2D eigenvalue weighted by molar-refractivity contribution is 0.982. The number of nitrogens with zero attached hydrogens (tertiary/aromatic N) is 4. The lowest BCUT2D eigenvalue weighted by Gasteiger charge is -2.13. The summed E-state index contributed by atoms with van der Waals surface area (Å²) in [4.78, 5) is 6.41. The Balaban J connectivity index is 1.77. The Morgan fingerprint density at radius 2 is 1.60 bits per heavy atom. The highest BCUT2D eigenvalue weighted by atomic mass is 35.5. The van der Waals surface area contributed by atoms with E-state index in [0.717, 1.165) is 11.4 Å². The minimum Gasteiger partial charge on any atom is -0.378 e. The molecule has 0 aliphatic carbocycles. The van der Waals surface area contributed by atoms with E-state index in [2.05, 4.69) is 25.8 Å². The zero-order valence-electron chi connectivity index (χ0n) is 13.7. The molecule has 0 fully saturated rings. The molecule has 0 aliphatic rings. The third-order valence-corrected chi connectivity index (χ3v) is 4.04. The average molecular weight is 375 g/mol. The maximum absolute atomic E-state index is 6.15.